The second-order valence-electron chi connectivity index (χ2n) is 7.14. The minimum absolute atomic E-state index is 0.911. The normalized spacial score (nSPS) is 14.4. The summed E-state index contributed by atoms with van der Waals surface area (Å²) >= 11 is 1.74. The average Bonchev–Trinajstić information content (AvgIpc) is 3.00. The lowest BCUT2D eigenvalue weighted by Crippen LogP contribution is -3.06. The molecule has 0 fully saturated rings. The number of hydrogen-bond donors (Lipinski definition) is 2. The molecule has 0 spiro atoms. The van der Waals surface area contributed by atoms with Gasteiger partial charge in [0, 0.05) is 11.1 Å². The van der Waals surface area contributed by atoms with Crippen LogP contribution in [0.5, 0.6) is 0 Å². The molecule has 0 atom stereocenters. The van der Waals surface area contributed by atoms with Crippen molar-refractivity contribution in [1.29, 1.82) is 0 Å². The topological polar surface area (TPSA) is 55.1 Å². The molecule has 3 aromatic heterocycles. The van der Waals surface area contributed by atoms with Gasteiger partial charge >= 0.3 is 0 Å². The van der Waals surface area contributed by atoms with Crippen LogP contribution in [0.25, 0.3) is 20.4 Å². The molecule has 132 valence electrons. The summed E-state index contributed by atoms with van der Waals surface area (Å²) in [5, 5.41) is 4.79. The summed E-state index contributed by atoms with van der Waals surface area (Å²) in [5.41, 5.74) is 5.36. The fourth-order valence-corrected chi connectivity index (χ4v) is 4.93. The highest BCUT2D eigenvalue weighted by atomic mass is 32.1. The van der Waals surface area contributed by atoms with E-state index < -0.39 is 0 Å². The Labute approximate surface area is 152 Å². The van der Waals surface area contributed by atoms with E-state index in [1.54, 1.807) is 17.7 Å². The quantitative estimate of drug-likeness (QED) is 0.736. The number of quaternary nitrogens is 1. The standard InChI is InChI=1S/C19H25N5S/c1-4-14-12-7-5-6-8-13(12)15-16-17(25-19(15)23-14)18(22-11-21-16)20-9-10-24(2)3/h11H,4-10H2,1-3H3,(H,20,21,22)/p+1. The number of rotatable bonds is 5. The predicted molar refractivity (Wildman–Crippen MR) is 105 cm³/mol. The highest BCUT2D eigenvalue weighted by Gasteiger charge is 2.22. The van der Waals surface area contributed by atoms with Gasteiger partial charge < -0.3 is 10.2 Å². The van der Waals surface area contributed by atoms with Crippen molar-refractivity contribution in [3.8, 4) is 0 Å². The second-order valence-corrected chi connectivity index (χ2v) is 8.14. The predicted octanol–water partition coefficient (Wildman–Crippen LogP) is 2.24. The first-order valence-electron chi connectivity index (χ1n) is 9.29. The molecule has 5 nitrogen and oxygen atoms in total. The van der Waals surface area contributed by atoms with Crippen LogP contribution in [0.3, 0.4) is 0 Å². The Hall–Kier alpha value is -1.79. The Kier molecular flexibility index (Phi) is 4.56. The first-order valence-corrected chi connectivity index (χ1v) is 10.1. The summed E-state index contributed by atoms with van der Waals surface area (Å²) in [6.07, 6.45) is 7.58. The molecule has 0 amide bonds. The lowest BCUT2D eigenvalue weighted by Gasteiger charge is -2.19. The minimum Gasteiger partial charge on any atom is -0.363 e. The summed E-state index contributed by atoms with van der Waals surface area (Å²) in [6.45, 7) is 4.19. The van der Waals surface area contributed by atoms with Crippen molar-refractivity contribution in [1.82, 2.24) is 15.0 Å². The number of aryl methyl sites for hydroxylation is 2. The average molecular weight is 357 g/mol. The Morgan fingerprint density at radius 2 is 1.96 bits per heavy atom. The molecular weight excluding hydrogens is 330 g/mol. The van der Waals surface area contributed by atoms with Gasteiger partial charge in [-0.25, -0.2) is 15.0 Å². The number of thiophene rings is 1. The minimum atomic E-state index is 0.911. The Balaban J connectivity index is 1.87. The van der Waals surface area contributed by atoms with Crippen LogP contribution in [0, 0.1) is 0 Å². The zero-order valence-corrected chi connectivity index (χ0v) is 16.1. The van der Waals surface area contributed by atoms with Gasteiger partial charge in [0.05, 0.1) is 37.4 Å². The third-order valence-electron chi connectivity index (χ3n) is 5.06. The van der Waals surface area contributed by atoms with Gasteiger partial charge in [-0.15, -0.1) is 11.3 Å². The third-order valence-corrected chi connectivity index (χ3v) is 6.14. The van der Waals surface area contributed by atoms with E-state index in [1.165, 1.54) is 46.4 Å². The largest absolute Gasteiger partial charge is 0.363 e. The lowest BCUT2D eigenvalue weighted by atomic mass is 9.88. The summed E-state index contributed by atoms with van der Waals surface area (Å²) < 4.78 is 1.15. The van der Waals surface area contributed by atoms with Crippen molar-refractivity contribution in [2.75, 3.05) is 32.5 Å². The number of pyridine rings is 1. The smallest absolute Gasteiger partial charge is 0.147 e. The highest BCUT2D eigenvalue weighted by Crippen LogP contribution is 2.40. The van der Waals surface area contributed by atoms with Gasteiger partial charge in [0.1, 0.15) is 17.0 Å². The molecule has 1 aliphatic carbocycles. The molecule has 4 rings (SSSR count). The highest BCUT2D eigenvalue weighted by molar-refractivity contribution is 7.26. The van der Waals surface area contributed by atoms with E-state index in [9.17, 15) is 0 Å². The van der Waals surface area contributed by atoms with E-state index in [1.807, 2.05) is 0 Å². The van der Waals surface area contributed by atoms with Crippen LogP contribution in [-0.4, -0.2) is 42.1 Å². The number of likely N-dealkylation sites (N-methyl/N-ethyl adjacent to an activating group) is 1. The van der Waals surface area contributed by atoms with Crippen molar-refractivity contribution in [2.45, 2.75) is 39.0 Å². The number of fused-ring (bicyclic) bond motifs is 5. The van der Waals surface area contributed by atoms with Crippen LogP contribution in [0.2, 0.25) is 0 Å². The van der Waals surface area contributed by atoms with Gasteiger partial charge in [-0.1, -0.05) is 6.92 Å². The summed E-state index contributed by atoms with van der Waals surface area (Å²) in [4.78, 5) is 16.7. The molecule has 0 bridgehead atoms. The molecule has 0 saturated heterocycles. The maximum Gasteiger partial charge on any atom is 0.147 e. The number of anilines is 1. The molecule has 25 heavy (non-hydrogen) atoms. The number of nitrogens with zero attached hydrogens (tertiary/aromatic N) is 3. The first-order chi connectivity index (χ1) is 12.2. The third kappa shape index (κ3) is 2.98. The van der Waals surface area contributed by atoms with Crippen LogP contribution in [0.4, 0.5) is 5.82 Å². The molecular formula is C19H26N5S+. The summed E-state index contributed by atoms with van der Waals surface area (Å²) in [5.74, 6) is 0.955. The monoisotopic (exact) mass is 356 g/mol. The van der Waals surface area contributed by atoms with Crippen LogP contribution in [0.15, 0.2) is 6.33 Å². The van der Waals surface area contributed by atoms with E-state index in [0.717, 1.165) is 46.8 Å². The van der Waals surface area contributed by atoms with Crippen LogP contribution in [0.1, 0.15) is 36.6 Å². The van der Waals surface area contributed by atoms with E-state index in [-0.39, 0.29) is 0 Å². The van der Waals surface area contributed by atoms with Gasteiger partial charge in [0.25, 0.3) is 0 Å². The van der Waals surface area contributed by atoms with Crippen molar-refractivity contribution in [3.05, 3.63) is 23.1 Å². The molecule has 1 aliphatic rings. The summed E-state index contributed by atoms with van der Waals surface area (Å²) in [7, 11) is 4.33. The summed E-state index contributed by atoms with van der Waals surface area (Å²) in [6, 6.07) is 0. The van der Waals surface area contributed by atoms with Crippen molar-refractivity contribution in [3.63, 3.8) is 0 Å². The number of aromatic nitrogens is 3. The molecule has 3 aromatic rings. The van der Waals surface area contributed by atoms with E-state index in [0.29, 0.717) is 0 Å². The Bertz CT molecular complexity index is 915. The van der Waals surface area contributed by atoms with E-state index >= 15 is 0 Å². The van der Waals surface area contributed by atoms with Gasteiger partial charge in [0.15, 0.2) is 0 Å². The molecule has 0 saturated carbocycles. The van der Waals surface area contributed by atoms with Crippen molar-refractivity contribution < 1.29 is 4.90 Å². The molecule has 0 aromatic carbocycles. The first kappa shape index (κ1) is 16.7. The fourth-order valence-electron chi connectivity index (χ4n) is 3.79. The molecule has 0 unspecified atom stereocenters. The van der Waals surface area contributed by atoms with Crippen LogP contribution < -0.4 is 10.2 Å². The molecule has 0 radical (unpaired) electrons. The molecule has 0 aliphatic heterocycles. The maximum absolute atomic E-state index is 5.01. The number of hydrogen-bond acceptors (Lipinski definition) is 5. The van der Waals surface area contributed by atoms with Crippen molar-refractivity contribution >= 4 is 37.6 Å². The lowest BCUT2D eigenvalue weighted by molar-refractivity contribution is -0.856. The molecule has 6 heteroatoms. The van der Waals surface area contributed by atoms with E-state index in [4.69, 9.17) is 4.98 Å². The number of nitrogens with one attached hydrogen (secondary N) is 2. The van der Waals surface area contributed by atoms with Gasteiger partial charge in [-0.2, -0.15) is 0 Å². The van der Waals surface area contributed by atoms with Gasteiger partial charge in [-0.3, -0.25) is 0 Å². The van der Waals surface area contributed by atoms with E-state index in [2.05, 4.69) is 36.3 Å². The SMILES string of the molecule is CCc1nc2sc3c(NCC[NH+](C)C)ncnc3c2c2c1CCCC2. The van der Waals surface area contributed by atoms with Crippen molar-refractivity contribution in [2.24, 2.45) is 0 Å². The maximum atomic E-state index is 5.01. The second kappa shape index (κ2) is 6.84. The molecule has 2 N–H and O–H groups in total. The van der Waals surface area contributed by atoms with Crippen LogP contribution >= 0.6 is 11.3 Å². The fraction of sp³-hybridized carbons (Fsp3) is 0.526. The Morgan fingerprint density at radius 1 is 1.16 bits per heavy atom. The Morgan fingerprint density at radius 3 is 2.72 bits per heavy atom. The zero-order chi connectivity index (χ0) is 17.4. The van der Waals surface area contributed by atoms with Gasteiger partial charge in [0.2, 0.25) is 0 Å². The van der Waals surface area contributed by atoms with Crippen LogP contribution in [-0.2, 0) is 19.3 Å². The zero-order valence-electron chi connectivity index (χ0n) is 15.3. The molecule has 3 heterocycles. The van der Waals surface area contributed by atoms with Gasteiger partial charge in [-0.05, 0) is 43.2 Å².